The zero-order valence-corrected chi connectivity index (χ0v) is 15.8. The van der Waals surface area contributed by atoms with Gasteiger partial charge in [0, 0.05) is 12.4 Å². The molecule has 0 unspecified atom stereocenters. The van der Waals surface area contributed by atoms with Crippen molar-refractivity contribution >= 4 is 29.9 Å². The molecule has 0 spiro atoms. The number of hydrogen-bond donors (Lipinski definition) is 1. The highest BCUT2D eigenvalue weighted by Gasteiger charge is 2.10. The van der Waals surface area contributed by atoms with Gasteiger partial charge in [-0.15, -0.1) is 0 Å². The molecule has 1 aromatic heterocycles. The number of nitrogens with zero attached hydrogens (tertiary/aromatic N) is 3. The number of hydrazone groups is 1. The van der Waals surface area contributed by atoms with Crippen LogP contribution < -0.4 is 10.2 Å². The molecule has 7 nitrogen and oxygen atoms in total. The van der Waals surface area contributed by atoms with Gasteiger partial charge in [0.05, 0.1) is 17.5 Å². The lowest BCUT2D eigenvalue weighted by Crippen LogP contribution is -2.19. The first-order valence-electron chi connectivity index (χ1n) is 8.61. The van der Waals surface area contributed by atoms with Crippen molar-refractivity contribution in [2.75, 3.05) is 5.75 Å². The smallest absolute Gasteiger partial charge is 0.343 e. The van der Waals surface area contributed by atoms with Crippen molar-refractivity contribution in [3.8, 4) is 5.75 Å². The molecule has 0 aliphatic heterocycles. The first kappa shape index (κ1) is 19.5. The topological polar surface area (TPSA) is 93.5 Å². The number of rotatable bonds is 7. The number of nitrogens with one attached hydrogen (secondary N) is 1. The quantitative estimate of drug-likeness (QED) is 0.194. The summed E-state index contributed by atoms with van der Waals surface area (Å²) in [4.78, 5) is 31.9. The molecule has 0 bridgehead atoms. The number of thioether (sulfide) groups is 1. The average Bonchev–Trinajstić information content (AvgIpc) is 2.75. The van der Waals surface area contributed by atoms with Gasteiger partial charge < -0.3 is 4.74 Å². The molecule has 1 heterocycles. The lowest BCUT2D eigenvalue weighted by atomic mass is 10.1. The zero-order valence-electron chi connectivity index (χ0n) is 14.9. The maximum Gasteiger partial charge on any atom is 0.343 e. The monoisotopic (exact) mass is 394 g/mol. The number of allylic oxidation sites excluding steroid dienone is 2. The fourth-order valence-electron chi connectivity index (χ4n) is 2.25. The fraction of sp³-hybridized carbons (Fsp3) is 0.150. The Morgan fingerprint density at radius 2 is 1.96 bits per heavy atom. The van der Waals surface area contributed by atoms with E-state index in [9.17, 15) is 9.59 Å². The first-order chi connectivity index (χ1) is 13.7. The first-order valence-corrected chi connectivity index (χ1v) is 9.60. The normalized spacial score (nSPS) is 13.2. The summed E-state index contributed by atoms with van der Waals surface area (Å²) in [5.41, 5.74) is 3.77. The van der Waals surface area contributed by atoms with Crippen LogP contribution in [0.1, 0.15) is 18.4 Å². The van der Waals surface area contributed by atoms with Crippen LogP contribution in [-0.2, 0) is 9.59 Å². The second kappa shape index (κ2) is 10.2. The molecule has 0 atom stereocenters. The van der Waals surface area contributed by atoms with Crippen LogP contribution >= 0.6 is 11.8 Å². The third kappa shape index (κ3) is 6.17. The minimum atomic E-state index is -0.371. The van der Waals surface area contributed by atoms with Gasteiger partial charge in [0.2, 0.25) is 0 Å². The molecule has 0 saturated heterocycles. The molecular weight excluding hydrogens is 376 g/mol. The number of esters is 1. The van der Waals surface area contributed by atoms with E-state index in [0.29, 0.717) is 16.5 Å². The Balaban J connectivity index is 1.44. The predicted octanol–water partition coefficient (Wildman–Crippen LogP) is 2.90. The Morgan fingerprint density at radius 1 is 1.18 bits per heavy atom. The van der Waals surface area contributed by atoms with Gasteiger partial charge in [-0.1, -0.05) is 30.0 Å². The third-order valence-corrected chi connectivity index (χ3v) is 4.47. The number of carbonyl (C=O) groups is 2. The third-order valence-electron chi connectivity index (χ3n) is 3.60. The summed E-state index contributed by atoms with van der Waals surface area (Å²) < 4.78 is 5.34. The van der Waals surface area contributed by atoms with Crippen molar-refractivity contribution in [3.63, 3.8) is 0 Å². The van der Waals surface area contributed by atoms with Gasteiger partial charge in [-0.2, -0.15) is 5.10 Å². The van der Waals surface area contributed by atoms with Crippen LogP contribution in [0.5, 0.6) is 5.75 Å². The molecule has 8 heteroatoms. The number of benzene rings is 1. The van der Waals surface area contributed by atoms with Gasteiger partial charge in [0.25, 0.3) is 5.91 Å². The van der Waals surface area contributed by atoms with E-state index in [-0.39, 0.29) is 17.6 Å². The predicted molar refractivity (Wildman–Crippen MR) is 107 cm³/mol. The standard InChI is InChI=1S/C20H18N4O3S/c25-18(14-28-20-21-11-4-12-22-20)24-23-13-15-7-9-17(10-8-15)27-19(26)16-5-2-1-3-6-16/h2,4-13H,1,3,14H2,(H,24,25)/b23-13-. The molecule has 0 radical (unpaired) electrons. The van der Waals surface area contributed by atoms with E-state index in [0.717, 1.165) is 18.4 Å². The van der Waals surface area contributed by atoms with Crippen LogP contribution in [0.15, 0.2) is 76.8 Å². The molecule has 1 N–H and O–H groups in total. The summed E-state index contributed by atoms with van der Waals surface area (Å²) in [7, 11) is 0. The Hall–Kier alpha value is -3.26. The molecule has 3 rings (SSSR count). The lowest BCUT2D eigenvalue weighted by Gasteiger charge is -2.07. The molecule has 0 saturated carbocycles. The summed E-state index contributed by atoms with van der Waals surface area (Å²) >= 11 is 1.23. The molecule has 1 aromatic carbocycles. The lowest BCUT2D eigenvalue weighted by molar-refractivity contribution is -0.129. The van der Waals surface area contributed by atoms with Crippen molar-refractivity contribution < 1.29 is 14.3 Å². The number of ether oxygens (including phenoxy) is 1. The summed E-state index contributed by atoms with van der Waals surface area (Å²) in [6.07, 6.45) is 12.1. The number of hydrogen-bond acceptors (Lipinski definition) is 7. The minimum Gasteiger partial charge on any atom is -0.423 e. The van der Waals surface area contributed by atoms with Crippen molar-refractivity contribution in [1.82, 2.24) is 15.4 Å². The molecule has 28 heavy (non-hydrogen) atoms. The van der Waals surface area contributed by atoms with Gasteiger partial charge in [-0.25, -0.2) is 20.2 Å². The maximum atomic E-state index is 12.0. The number of amides is 1. The Morgan fingerprint density at radius 3 is 2.68 bits per heavy atom. The van der Waals surface area contributed by atoms with Crippen LogP contribution in [0.25, 0.3) is 0 Å². The average molecular weight is 394 g/mol. The van der Waals surface area contributed by atoms with Gasteiger partial charge in [0.15, 0.2) is 5.16 Å². The van der Waals surface area contributed by atoms with E-state index < -0.39 is 0 Å². The SMILES string of the molecule is O=C(CSc1ncccn1)N/N=C\c1ccc(OC(=O)C2=CCCC=C2)cc1. The second-order valence-electron chi connectivity index (χ2n) is 5.71. The molecule has 0 fully saturated rings. The van der Waals surface area contributed by atoms with Gasteiger partial charge in [-0.05, 0) is 48.7 Å². The molecule has 2 aromatic rings. The Labute approximate surface area is 166 Å². The number of carbonyl (C=O) groups excluding carboxylic acids is 2. The fourth-order valence-corrected chi connectivity index (χ4v) is 2.85. The van der Waals surface area contributed by atoms with Crippen LogP contribution in [0.2, 0.25) is 0 Å². The van der Waals surface area contributed by atoms with E-state index in [4.69, 9.17) is 4.74 Å². The second-order valence-corrected chi connectivity index (χ2v) is 6.65. The summed E-state index contributed by atoms with van der Waals surface area (Å²) in [5.74, 6) is -0.0107. The van der Waals surface area contributed by atoms with E-state index in [1.807, 2.05) is 12.2 Å². The van der Waals surface area contributed by atoms with Crippen molar-refractivity contribution in [2.45, 2.75) is 18.0 Å². The minimum absolute atomic E-state index is 0.167. The number of aromatic nitrogens is 2. The van der Waals surface area contributed by atoms with E-state index >= 15 is 0 Å². The Kier molecular flexibility index (Phi) is 7.08. The van der Waals surface area contributed by atoms with E-state index in [1.54, 1.807) is 48.8 Å². The Bertz CT molecular complexity index is 909. The summed E-state index contributed by atoms with van der Waals surface area (Å²) in [6.45, 7) is 0. The van der Waals surface area contributed by atoms with Crippen LogP contribution in [0.4, 0.5) is 0 Å². The highest BCUT2D eigenvalue weighted by Crippen LogP contribution is 2.16. The van der Waals surface area contributed by atoms with E-state index in [1.165, 1.54) is 18.0 Å². The van der Waals surface area contributed by atoms with Crippen LogP contribution in [0.3, 0.4) is 0 Å². The molecule has 1 aliphatic rings. The summed E-state index contributed by atoms with van der Waals surface area (Å²) in [6, 6.07) is 8.56. The van der Waals surface area contributed by atoms with Crippen LogP contribution in [-0.4, -0.2) is 33.8 Å². The van der Waals surface area contributed by atoms with E-state index in [2.05, 4.69) is 20.5 Å². The van der Waals surface area contributed by atoms with Crippen molar-refractivity contribution in [2.24, 2.45) is 5.10 Å². The van der Waals surface area contributed by atoms with Gasteiger partial charge in [-0.3, -0.25) is 4.79 Å². The molecule has 1 amide bonds. The summed E-state index contributed by atoms with van der Waals surface area (Å²) in [5, 5.41) is 4.45. The highest BCUT2D eigenvalue weighted by molar-refractivity contribution is 7.99. The van der Waals surface area contributed by atoms with Gasteiger partial charge in [0.1, 0.15) is 5.75 Å². The molecule has 142 valence electrons. The zero-order chi connectivity index (χ0) is 19.6. The highest BCUT2D eigenvalue weighted by atomic mass is 32.2. The van der Waals surface area contributed by atoms with Crippen molar-refractivity contribution in [1.29, 1.82) is 0 Å². The maximum absolute atomic E-state index is 12.0. The van der Waals surface area contributed by atoms with Crippen molar-refractivity contribution in [3.05, 3.63) is 72.1 Å². The largest absolute Gasteiger partial charge is 0.423 e. The molecule has 1 aliphatic carbocycles. The van der Waals surface area contributed by atoms with Gasteiger partial charge >= 0.3 is 5.97 Å². The van der Waals surface area contributed by atoms with Crippen LogP contribution in [0, 0.1) is 0 Å². The molecular formula is C20H18N4O3S.